The zero-order chi connectivity index (χ0) is 10.8. The van der Waals surface area contributed by atoms with E-state index in [2.05, 4.69) is 15.4 Å². The molecule has 2 aromatic heterocycles. The van der Waals surface area contributed by atoms with E-state index >= 15 is 0 Å². The molecular formula is C10H12N4O. The molecule has 0 aliphatic heterocycles. The Morgan fingerprint density at radius 2 is 2.27 bits per heavy atom. The van der Waals surface area contributed by atoms with E-state index in [1.165, 1.54) is 0 Å². The Balaban J connectivity index is 2.40. The molecule has 0 aromatic carbocycles. The maximum absolute atomic E-state index is 11.7. The Kier molecular flexibility index (Phi) is 2.37. The standard InChI is InChI=1S/C10H12N4O/c1-7(2)13-10(15)8-5-12-14-4-3-11-6-9(8)14/h3-7H,1-2H3,(H,13,15). The molecule has 2 rings (SSSR count). The summed E-state index contributed by atoms with van der Waals surface area (Å²) in [6.45, 7) is 3.84. The van der Waals surface area contributed by atoms with Crippen LogP contribution in [-0.4, -0.2) is 26.5 Å². The maximum atomic E-state index is 11.7. The van der Waals surface area contributed by atoms with Crippen LogP contribution in [0.4, 0.5) is 0 Å². The van der Waals surface area contributed by atoms with Gasteiger partial charge in [0, 0.05) is 18.4 Å². The number of nitrogens with zero attached hydrogens (tertiary/aromatic N) is 3. The van der Waals surface area contributed by atoms with Crippen LogP contribution in [-0.2, 0) is 0 Å². The summed E-state index contributed by atoms with van der Waals surface area (Å²) >= 11 is 0. The average Bonchev–Trinajstić information content (AvgIpc) is 2.59. The molecule has 0 aliphatic carbocycles. The lowest BCUT2D eigenvalue weighted by Crippen LogP contribution is -2.29. The van der Waals surface area contributed by atoms with Gasteiger partial charge in [-0.15, -0.1) is 0 Å². The Morgan fingerprint density at radius 1 is 1.47 bits per heavy atom. The number of aromatic nitrogens is 3. The van der Waals surface area contributed by atoms with E-state index in [0.717, 1.165) is 5.52 Å². The van der Waals surface area contributed by atoms with Gasteiger partial charge in [-0.25, -0.2) is 4.52 Å². The molecule has 0 atom stereocenters. The largest absolute Gasteiger partial charge is 0.350 e. The van der Waals surface area contributed by atoms with Crippen molar-refractivity contribution in [2.45, 2.75) is 19.9 Å². The lowest BCUT2D eigenvalue weighted by molar-refractivity contribution is 0.0944. The van der Waals surface area contributed by atoms with Gasteiger partial charge in [-0.3, -0.25) is 9.78 Å². The van der Waals surface area contributed by atoms with E-state index in [0.29, 0.717) is 5.56 Å². The fourth-order valence-corrected chi connectivity index (χ4v) is 1.35. The second-order valence-electron chi connectivity index (χ2n) is 3.59. The summed E-state index contributed by atoms with van der Waals surface area (Å²) in [5.41, 5.74) is 1.27. The van der Waals surface area contributed by atoms with Gasteiger partial charge in [0.25, 0.3) is 5.91 Å². The van der Waals surface area contributed by atoms with Crippen LogP contribution in [0.3, 0.4) is 0 Å². The Labute approximate surface area is 87.1 Å². The summed E-state index contributed by atoms with van der Waals surface area (Å²) in [5.74, 6) is -0.118. The first-order valence-corrected chi connectivity index (χ1v) is 4.76. The third-order valence-corrected chi connectivity index (χ3v) is 1.99. The lowest BCUT2D eigenvalue weighted by Gasteiger charge is -2.06. The highest BCUT2D eigenvalue weighted by molar-refractivity contribution is 6.00. The molecule has 2 aromatic rings. The molecule has 5 heteroatoms. The highest BCUT2D eigenvalue weighted by atomic mass is 16.1. The molecule has 0 unspecified atom stereocenters. The highest BCUT2D eigenvalue weighted by Gasteiger charge is 2.12. The number of amides is 1. The minimum absolute atomic E-state index is 0.115. The van der Waals surface area contributed by atoms with Gasteiger partial charge in [-0.2, -0.15) is 5.10 Å². The molecule has 0 aliphatic rings. The number of fused-ring (bicyclic) bond motifs is 1. The molecular weight excluding hydrogens is 192 g/mol. The summed E-state index contributed by atoms with van der Waals surface area (Å²) in [6, 6.07) is 0.115. The van der Waals surface area contributed by atoms with Gasteiger partial charge < -0.3 is 5.32 Å². The average molecular weight is 204 g/mol. The van der Waals surface area contributed by atoms with Crippen LogP contribution in [0.1, 0.15) is 24.2 Å². The first-order valence-electron chi connectivity index (χ1n) is 4.76. The molecule has 2 heterocycles. The van der Waals surface area contributed by atoms with E-state index < -0.39 is 0 Å². The second-order valence-corrected chi connectivity index (χ2v) is 3.59. The van der Waals surface area contributed by atoms with E-state index in [9.17, 15) is 4.79 Å². The van der Waals surface area contributed by atoms with E-state index in [1.807, 2.05) is 13.8 Å². The molecule has 0 spiro atoms. The number of rotatable bonds is 2. The topological polar surface area (TPSA) is 59.3 Å². The summed E-state index contributed by atoms with van der Waals surface area (Å²) < 4.78 is 1.63. The molecule has 5 nitrogen and oxygen atoms in total. The van der Waals surface area contributed by atoms with Crippen LogP contribution in [0.15, 0.2) is 24.8 Å². The van der Waals surface area contributed by atoms with Gasteiger partial charge in [0.05, 0.1) is 23.5 Å². The first kappa shape index (κ1) is 9.64. The predicted molar refractivity (Wildman–Crippen MR) is 55.6 cm³/mol. The van der Waals surface area contributed by atoms with Crippen molar-refractivity contribution < 1.29 is 4.79 Å². The van der Waals surface area contributed by atoms with Crippen molar-refractivity contribution in [3.63, 3.8) is 0 Å². The summed E-state index contributed by atoms with van der Waals surface area (Å²) in [6.07, 6.45) is 6.52. The number of nitrogens with one attached hydrogen (secondary N) is 1. The molecule has 0 fully saturated rings. The minimum Gasteiger partial charge on any atom is -0.350 e. The number of hydrogen-bond donors (Lipinski definition) is 1. The van der Waals surface area contributed by atoms with Crippen LogP contribution in [0.5, 0.6) is 0 Å². The quantitative estimate of drug-likeness (QED) is 0.789. The van der Waals surface area contributed by atoms with Gasteiger partial charge in [-0.05, 0) is 13.8 Å². The number of hydrogen-bond acceptors (Lipinski definition) is 3. The highest BCUT2D eigenvalue weighted by Crippen LogP contribution is 2.08. The van der Waals surface area contributed by atoms with E-state index in [-0.39, 0.29) is 11.9 Å². The second kappa shape index (κ2) is 3.68. The van der Waals surface area contributed by atoms with Crippen molar-refractivity contribution in [1.29, 1.82) is 0 Å². The Morgan fingerprint density at radius 3 is 3.00 bits per heavy atom. The molecule has 0 saturated heterocycles. The zero-order valence-corrected chi connectivity index (χ0v) is 8.64. The fraction of sp³-hybridized carbons (Fsp3) is 0.300. The normalized spacial score (nSPS) is 10.9. The van der Waals surface area contributed by atoms with Gasteiger partial charge >= 0.3 is 0 Å². The summed E-state index contributed by atoms with van der Waals surface area (Å²) in [4.78, 5) is 15.7. The first-order chi connectivity index (χ1) is 7.18. The molecule has 78 valence electrons. The predicted octanol–water partition coefficient (Wildman–Crippen LogP) is 0.867. The third kappa shape index (κ3) is 1.81. The van der Waals surface area contributed by atoms with Crippen molar-refractivity contribution >= 4 is 11.4 Å². The van der Waals surface area contributed by atoms with Crippen LogP contribution >= 0.6 is 0 Å². The molecule has 0 radical (unpaired) electrons. The van der Waals surface area contributed by atoms with Crippen molar-refractivity contribution in [2.24, 2.45) is 0 Å². The van der Waals surface area contributed by atoms with Crippen LogP contribution in [0, 0.1) is 0 Å². The maximum Gasteiger partial charge on any atom is 0.255 e. The van der Waals surface area contributed by atoms with Crippen LogP contribution in [0.2, 0.25) is 0 Å². The summed E-state index contributed by atoms with van der Waals surface area (Å²) in [7, 11) is 0. The van der Waals surface area contributed by atoms with Gasteiger partial charge in [0.15, 0.2) is 0 Å². The summed E-state index contributed by atoms with van der Waals surface area (Å²) in [5, 5.41) is 6.88. The fourth-order valence-electron chi connectivity index (χ4n) is 1.35. The molecule has 1 N–H and O–H groups in total. The van der Waals surface area contributed by atoms with Gasteiger partial charge in [-0.1, -0.05) is 0 Å². The van der Waals surface area contributed by atoms with Gasteiger partial charge in [0.2, 0.25) is 0 Å². The zero-order valence-electron chi connectivity index (χ0n) is 8.64. The van der Waals surface area contributed by atoms with Crippen LogP contribution < -0.4 is 5.32 Å². The van der Waals surface area contributed by atoms with Gasteiger partial charge in [0.1, 0.15) is 0 Å². The SMILES string of the molecule is CC(C)NC(=O)c1cnn2ccncc12. The van der Waals surface area contributed by atoms with E-state index in [4.69, 9.17) is 0 Å². The lowest BCUT2D eigenvalue weighted by atomic mass is 10.2. The Bertz CT molecular complexity index is 489. The molecule has 0 bridgehead atoms. The number of carbonyl (C=O) groups is 1. The van der Waals surface area contributed by atoms with Crippen LogP contribution in [0.25, 0.3) is 5.52 Å². The Hall–Kier alpha value is -1.91. The number of carbonyl (C=O) groups excluding carboxylic acids is 1. The smallest absolute Gasteiger partial charge is 0.255 e. The third-order valence-electron chi connectivity index (χ3n) is 1.99. The molecule has 1 amide bonds. The van der Waals surface area contributed by atoms with Crippen molar-refractivity contribution in [2.75, 3.05) is 0 Å². The van der Waals surface area contributed by atoms with E-state index in [1.54, 1.807) is 29.3 Å². The van der Waals surface area contributed by atoms with Crippen molar-refractivity contribution in [3.05, 3.63) is 30.4 Å². The minimum atomic E-state index is -0.118. The molecule has 0 saturated carbocycles. The van der Waals surface area contributed by atoms with Crippen molar-refractivity contribution in [1.82, 2.24) is 19.9 Å². The van der Waals surface area contributed by atoms with Crippen molar-refractivity contribution in [3.8, 4) is 0 Å². The monoisotopic (exact) mass is 204 g/mol. The molecule has 15 heavy (non-hydrogen) atoms.